The average Bonchev–Trinajstić information content (AvgIpc) is 2.56. The van der Waals surface area contributed by atoms with Crippen LogP contribution in [0.5, 0.6) is 11.5 Å². The molecule has 4 heteroatoms. The Balaban J connectivity index is 1.66. The van der Waals surface area contributed by atoms with Gasteiger partial charge in [0.2, 0.25) is 5.91 Å². The highest BCUT2D eigenvalue weighted by molar-refractivity contribution is 5.79. The summed E-state index contributed by atoms with van der Waals surface area (Å²) >= 11 is 0. The first-order valence-corrected chi connectivity index (χ1v) is 8.28. The smallest absolute Gasteiger partial charge is 0.224 e. The van der Waals surface area contributed by atoms with Crippen molar-refractivity contribution < 1.29 is 14.3 Å². The fourth-order valence-corrected chi connectivity index (χ4v) is 2.98. The van der Waals surface area contributed by atoms with E-state index in [1.54, 1.807) is 0 Å². The van der Waals surface area contributed by atoms with Crippen molar-refractivity contribution in [1.29, 1.82) is 0 Å². The van der Waals surface area contributed by atoms with E-state index in [0.717, 1.165) is 16.9 Å². The highest BCUT2D eigenvalue weighted by Crippen LogP contribution is 2.31. The molecule has 0 aliphatic carbocycles. The fourth-order valence-electron chi connectivity index (χ4n) is 2.98. The van der Waals surface area contributed by atoms with E-state index in [-0.39, 0.29) is 11.9 Å². The van der Waals surface area contributed by atoms with Gasteiger partial charge in [0.25, 0.3) is 0 Å². The molecule has 0 fully saturated rings. The van der Waals surface area contributed by atoms with Crippen molar-refractivity contribution in [2.24, 2.45) is 0 Å². The van der Waals surface area contributed by atoms with Gasteiger partial charge in [-0.2, -0.15) is 0 Å². The van der Waals surface area contributed by atoms with Gasteiger partial charge in [0.05, 0.1) is 12.5 Å². The number of ether oxygens (including phenoxy) is 2. The third kappa shape index (κ3) is 3.70. The summed E-state index contributed by atoms with van der Waals surface area (Å²) in [5, 5.41) is 3.08. The molecule has 0 bridgehead atoms. The predicted octanol–water partition coefficient (Wildman–Crippen LogP) is 3.49. The molecule has 0 saturated carbocycles. The number of amides is 1. The van der Waals surface area contributed by atoms with Crippen LogP contribution in [0, 0.1) is 13.8 Å². The van der Waals surface area contributed by atoms with Crippen LogP contribution in [0.2, 0.25) is 0 Å². The minimum Gasteiger partial charge on any atom is -0.486 e. The fraction of sp³-hybridized carbons (Fsp3) is 0.350. The molecule has 0 aromatic heterocycles. The Hall–Kier alpha value is -2.49. The van der Waals surface area contributed by atoms with Crippen molar-refractivity contribution in [2.45, 2.75) is 33.2 Å². The number of benzene rings is 2. The Morgan fingerprint density at radius 3 is 2.62 bits per heavy atom. The maximum absolute atomic E-state index is 12.4. The second-order valence-corrected chi connectivity index (χ2v) is 6.30. The highest BCUT2D eigenvalue weighted by Gasteiger charge is 2.15. The molecular formula is C20H23NO3. The molecule has 1 aliphatic rings. The van der Waals surface area contributed by atoms with Crippen LogP contribution in [-0.2, 0) is 11.2 Å². The second-order valence-electron chi connectivity index (χ2n) is 6.30. The van der Waals surface area contributed by atoms with Crippen molar-refractivity contribution in [3.63, 3.8) is 0 Å². The first-order chi connectivity index (χ1) is 11.5. The lowest BCUT2D eigenvalue weighted by Crippen LogP contribution is -2.28. The molecule has 1 atom stereocenters. The minimum absolute atomic E-state index is 0.0000777. The molecule has 2 aromatic carbocycles. The van der Waals surface area contributed by atoms with Crippen LogP contribution < -0.4 is 14.8 Å². The minimum atomic E-state index is -0.0189. The molecule has 2 aromatic rings. The van der Waals surface area contributed by atoms with Crippen LogP contribution in [0.4, 0.5) is 0 Å². The summed E-state index contributed by atoms with van der Waals surface area (Å²) in [6.45, 7) is 7.26. The second kappa shape index (κ2) is 6.95. The van der Waals surface area contributed by atoms with E-state index in [9.17, 15) is 4.79 Å². The van der Waals surface area contributed by atoms with Gasteiger partial charge < -0.3 is 14.8 Å². The first-order valence-electron chi connectivity index (χ1n) is 8.28. The topological polar surface area (TPSA) is 47.6 Å². The van der Waals surface area contributed by atoms with Gasteiger partial charge in [-0.15, -0.1) is 0 Å². The molecule has 0 spiro atoms. The Morgan fingerprint density at radius 2 is 1.83 bits per heavy atom. The SMILES string of the molecule is Cc1ccc(C)c(C(C)NC(=O)Cc2ccc3c(c2)OCCO3)c1. The van der Waals surface area contributed by atoms with Crippen molar-refractivity contribution in [1.82, 2.24) is 5.32 Å². The number of nitrogens with one attached hydrogen (secondary N) is 1. The van der Waals surface area contributed by atoms with Gasteiger partial charge in [-0.25, -0.2) is 0 Å². The van der Waals surface area contributed by atoms with Crippen LogP contribution in [0.1, 0.15) is 35.2 Å². The van der Waals surface area contributed by atoms with Crippen molar-refractivity contribution in [2.75, 3.05) is 13.2 Å². The lowest BCUT2D eigenvalue weighted by molar-refractivity contribution is -0.121. The normalized spacial score (nSPS) is 14.1. The number of carbonyl (C=O) groups is 1. The van der Waals surface area contributed by atoms with E-state index in [4.69, 9.17) is 9.47 Å². The van der Waals surface area contributed by atoms with E-state index in [0.29, 0.717) is 25.4 Å². The number of hydrogen-bond acceptors (Lipinski definition) is 3. The van der Waals surface area contributed by atoms with Gasteiger partial charge in [0.15, 0.2) is 11.5 Å². The zero-order valence-corrected chi connectivity index (χ0v) is 14.4. The van der Waals surface area contributed by atoms with Crippen molar-refractivity contribution >= 4 is 5.91 Å². The van der Waals surface area contributed by atoms with Crippen LogP contribution >= 0.6 is 0 Å². The lowest BCUT2D eigenvalue weighted by atomic mass is 9.99. The van der Waals surface area contributed by atoms with Crippen LogP contribution in [0.3, 0.4) is 0 Å². The molecule has 1 aliphatic heterocycles. The van der Waals surface area contributed by atoms with E-state index >= 15 is 0 Å². The molecule has 3 rings (SSSR count). The number of carbonyl (C=O) groups excluding carboxylic acids is 1. The molecule has 126 valence electrons. The van der Waals surface area contributed by atoms with Gasteiger partial charge in [0, 0.05) is 0 Å². The standard InChI is InChI=1S/C20H23NO3/c1-13-4-5-14(2)17(10-13)15(3)21-20(22)12-16-6-7-18-19(11-16)24-9-8-23-18/h4-7,10-11,15H,8-9,12H2,1-3H3,(H,21,22). The molecule has 1 N–H and O–H groups in total. The van der Waals surface area contributed by atoms with Gasteiger partial charge in [0.1, 0.15) is 13.2 Å². The van der Waals surface area contributed by atoms with Gasteiger partial charge in [-0.3, -0.25) is 4.79 Å². The first kappa shape index (κ1) is 16.4. The van der Waals surface area contributed by atoms with Gasteiger partial charge in [-0.05, 0) is 49.6 Å². The summed E-state index contributed by atoms with van der Waals surface area (Å²) in [5.41, 5.74) is 4.46. The summed E-state index contributed by atoms with van der Waals surface area (Å²) in [5.74, 6) is 1.46. The summed E-state index contributed by atoms with van der Waals surface area (Å²) < 4.78 is 11.1. The van der Waals surface area contributed by atoms with Crippen molar-refractivity contribution in [3.8, 4) is 11.5 Å². The molecule has 1 unspecified atom stereocenters. The molecule has 1 amide bonds. The maximum Gasteiger partial charge on any atom is 0.224 e. The zero-order chi connectivity index (χ0) is 17.1. The largest absolute Gasteiger partial charge is 0.486 e. The lowest BCUT2D eigenvalue weighted by Gasteiger charge is -2.19. The zero-order valence-electron chi connectivity index (χ0n) is 14.4. The van der Waals surface area contributed by atoms with E-state index in [2.05, 4.69) is 37.4 Å². The Labute approximate surface area is 142 Å². The van der Waals surface area contributed by atoms with E-state index < -0.39 is 0 Å². The van der Waals surface area contributed by atoms with E-state index in [1.807, 2.05) is 25.1 Å². The average molecular weight is 325 g/mol. The highest BCUT2D eigenvalue weighted by atomic mass is 16.6. The number of hydrogen-bond donors (Lipinski definition) is 1. The third-order valence-electron chi connectivity index (χ3n) is 4.25. The van der Waals surface area contributed by atoms with Crippen LogP contribution in [-0.4, -0.2) is 19.1 Å². The molecule has 1 heterocycles. The van der Waals surface area contributed by atoms with Crippen molar-refractivity contribution in [3.05, 3.63) is 58.7 Å². The maximum atomic E-state index is 12.4. The third-order valence-corrected chi connectivity index (χ3v) is 4.25. The monoisotopic (exact) mass is 325 g/mol. The quantitative estimate of drug-likeness (QED) is 0.936. The Morgan fingerprint density at radius 1 is 1.08 bits per heavy atom. The van der Waals surface area contributed by atoms with Crippen LogP contribution in [0.15, 0.2) is 36.4 Å². The van der Waals surface area contributed by atoms with E-state index in [1.165, 1.54) is 11.1 Å². The number of rotatable bonds is 4. The van der Waals surface area contributed by atoms with Gasteiger partial charge in [-0.1, -0.05) is 29.8 Å². The molecular weight excluding hydrogens is 302 g/mol. The molecule has 0 saturated heterocycles. The number of aryl methyl sites for hydroxylation is 2. The summed E-state index contributed by atoms with van der Waals surface area (Å²) in [7, 11) is 0. The predicted molar refractivity (Wildman–Crippen MR) is 93.6 cm³/mol. The van der Waals surface area contributed by atoms with Gasteiger partial charge >= 0.3 is 0 Å². The van der Waals surface area contributed by atoms with Crippen LogP contribution in [0.25, 0.3) is 0 Å². The molecule has 24 heavy (non-hydrogen) atoms. The summed E-state index contributed by atoms with van der Waals surface area (Å²) in [6, 6.07) is 12.0. The Kier molecular flexibility index (Phi) is 4.74. The molecule has 4 nitrogen and oxygen atoms in total. The Bertz CT molecular complexity index is 755. The summed E-state index contributed by atoms with van der Waals surface area (Å²) in [6.07, 6.45) is 0.325. The molecule has 0 radical (unpaired) electrons. The summed E-state index contributed by atoms with van der Waals surface area (Å²) in [4.78, 5) is 12.4. The number of fused-ring (bicyclic) bond motifs is 1.